The molecule has 1 aliphatic heterocycles. The summed E-state index contributed by atoms with van der Waals surface area (Å²) >= 11 is 5.26. The normalized spacial score (nSPS) is 24.1. The van der Waals surface area contributed by atoms with E-state index in [4.69, 9.17) is 26.8 Å². The molecule has 0 aromatic heterocycles. The summed E-state index contributed by atoms with van der Waals surface area (Å²) in [7, 11) is 0. The summed E-state index contributed by atoms with van der Waals surface area (Å²) in [6.07, 6.45) is 16.9. The summed E-state index contributed by atoms with van der Waals surface area (Å²) in [6.45, 7) is 2.07. The maximum absolute atomic E-state index is 10.1. The molecule has 0 aliphatic carbocycles. The van der Waals surface area contributed by atoms with Crippen LogP contribution in [0.15, 0.2) is 0 Å². The summed E-state index contributed by atoms with van der Waals surface area (Å²) in [5.41, 5.74) is 0. The van der Waals surface area contributed by atoms with Crippen molar-refractivity contribution in [2.75, 3.05) is 13.2 Å². The van der Waals surface area contributed by atoms with Gasteiger partial charge in [-0.05, 0) is 18.6 Å². The summed E-state index contributed by atoms with van der Waals surface area (Å²) in [5.74, 6) is 0. The Balaban J connectivity index is 1.88. The monoisotopic (exact) mass is 446 g/mol. The van der Waals surface area contributed by atoms with Crippen LogP contribution in [-0.4, -0.2) is 58.0 Å². The van der Waals surface area contributed by atoms with Crippen LogP contribution in [0.2, 0.25) is 0 Å². The highest BCUT2D eigenvalue weighted by molar-refractivity contribution is 7.80. The number of hydrogen-bond donors (Lipinski definition) is 3. The van der Waals surface area contributed by atoms with Gasteiger partial charge in [0.15, 0.2) is 11.2 Å². The second-order valence-corrected chi connectivity index (χ2v) is 9.22. The molecule has 0 saturated carbocycles. The summed E-state index contributed by atoms with van der Waals surface area (Å²) < 4.78 is 10.9. The second kappa shape index (κ2) is 18.3. The highest BCUT2D eigenvalue weighted by Gasteiger charge is 2.39. The number of aliphatic hydroxyl groups excluding tert-OH is 3. The number of hydrogen-bond acceptors (Lipinski definition) is 6. The van der Waals surface area contributed by atoms with E-state index >= 15 is 0 Å². The van der Waals surface area contributed by atoms with Crippen molar-refractivity contribution in [1.82, 2.24) is 0 Å². The molecular formula is C24H46O5S. The first-order valence-electron chi connectivity index (χ1n) is 12.4. The fourth-order valence-electron chi connectivity index (χ4n) is 3.99. The van der Waals surface area contributed by atoms with Crippen molar-refractivity contribution in [3.05, 3.63) is 0 Å². The lowest BCUT2D eigenvalue weighted by atomic mass is 10.0. The second-order valence-electron chi connectivity index (χ2n) is 8.76. The molecule has 30 heavy (non-hydrogen) atoms. The maximum atomic E-state index is 10.1. The van der Waals surface area contributed by atoms with E-state index in [0.29, 0.717) is 11.5 Å². The Morgan fingerprint density at radius 3 is 1.73 bits per heavy atom. The zero-order valence-corrected chi connectivity index (χ0v) is 19.9. The molecule has 6 heteroatoms. The molecule has 5 nitrogen and oxygen atoms in total. The molecule has 0 bridgehead atoms. The van der Waals surface area contributed by atoms with Crippen molar-refractivity contribution < 1.29 is 24.8 Å². The van der Waals surface area contributed by atoms with Gasteiger partial charge >= 0.3 is 0 Å². The van der Waals surface area contributed by atoms with Gasteiger partial charge in [0, 0.05) is 6.42 Å². The predicted octanol–water partition coefficient (Wildman–Crippen LogP) is 5.07. The van der Waals surface area contributed by atoms with Crippen LogP contribution < -0.4 is 0 Å². The van der Waals surface area contributed by atoms with E-state index in [-0.39, 0.29) is 13.2 Å². The first kappa shape index (κ1) is 27.8. The Bertz CT molecular complexity index is 420. The lowest BCUT2D eigenvalue weighted by Gasteiger charge is -2.36. The van der Waals surface area contributed by atoms with E-state index in [2.05, 4.69) is 6.92 Å². The number of rotatable bonds is 18. The minimum atomic E-state index is -1.15. The van der Waals surface area contributed by atoms with Gasteiger partial charge in [-0.15, -0.1) is 0 Å². The van der Waals surface area contributed by atoms with Crippen molar-refractivity contribution in [3.63, 3.8) is 0 Å². The SMILES string of the molecule is CCCCCCCCCCCCCCCCCC(=S)O[C@@H]1CO[C@@H](CO)[C@H](O)[C@H]1O. The minimum absolute atomic E-state index is 0.127. The molecule has 0 amide bonds. The first-order valence-corrected chi connectivity index (χ1v) is 12.8. The Hall–Kier alpha value is -0.270. The van der Waals surface area contributed by atoms with E-state index in [0.717, 1.165) is 12.8 Å². The third-order valence-corrected chi connectivity index (χ3v) is 6.33. The third kappa shape index (κ3) is 12.6. The van der Waals surface area contributed by atoms with Gasteiger partial charge < -0.3 is 24.8 Å². The van der Waals surface area contributed by atoms with Gasteiger partial charge in [-0.25, -0.2) is 0 Å². The zero-order valence-electron chi connectivity index (χ0n) is 19.1. The van der Waals surface area contributed by atoms with Crippen LogP contribution in [0.5, 0.6) is 0 Å². The van der Waals surface area contributed by atoms with Gasteiger partial charge in [-0.2, -0.15) is 0 Å². The van der Waals surface area contributed by atoms with E-state index < -0.39 is 24.4 Å². The predicted molar refractivity (Wildman–Crippen MR) is 126 cm³/mol. The average Bonchev–Trinajstić information content (AvgIpc) is 2.74. The maximum Gasteiger partial charge on any atom is 0.160 e. The molecule has 1 saturated heterocycles. The summed E-state index contributed by atoms with van der Waals surface area (Å²) in [4.78, 5) is 0. The molecular weight excluding hydrogens is 400 g/mol. The molecule has 0 aromatic carbocycles. The average molecular weight is 447 g/mol. The van der Waals surface area contributed by atoms with E-state index in [9.17, 15) is 10.2 Å². The van der Waals surface area contributed by atoms with Crippen LogP contribution in [-0.2, 0) is 9.47 Å². The molecule has 1 fully saturated rings. The van der Waals surface area contributed by atoms with Crippen molar-refractivity contribution in [3.8, 4) is 0 Å². The molecule has 0 aromatic rings. The molecule has 4 atom stereocenters. The van der Waals surface area contributed by atoms with Gasteiger partial charge in [0.2, 0.25) is 0 Å². The highest BCUT2D eigenvalue weighted by atomic mass is 32.1. The third-order valence-electron chi connectivity index (χ3n) is 6.03. The highest BCUT2D eigenvalue weighted by Crippen LogP contribution is 2.19. The topological polar surface area (TPSA) is 79.2 Å². The van der Waals surface area contributed by atoms with Crippen LogP contribution in [0, 0.1) is 0 Å². The Morgan fingerprint density at radius 2 is 1.27 bits per heavy atom. The van der Waals surface area contributed by atoms with Crippen LogP contribution >= 0.6 is 12.2 Å². The van der Waals surface area contributed by atoms with E-state index in [1.165, 1.54) is 83.5 Å². The van der Waals surface area contributed by atoms with E-state index in [1.54, 1.807) is 0 Å². The smallest absolute Gasteiger partial charge is 0.160 e. The quantitative estimate of drug-likeness (QED) is 0.201. The molecule has 1 heterocycles. The lowest BCUT2D eigenvalue weighted by molar-refractivity contribution is -0.191. The van der Waals surface area contributed by atoms with Gasteiger partial charge in [0.1, 0.15) is 18.3 Å². The molecule has 1 aliphatic rings. The molecule has 0 radical (unpaired) electrons. The van der Waals surface area contributed by atoms with Crippen molar-refractivity contribution in [2.45, 2.75) is 134 Å². The van der Waals surface area contributed by atoms with Gasteiger partial charge in [-0.3, -0.25) is 0 Å². The fraction of sp³-hybridized carbons (Fsp3) is 0.958. The minimum Gasteiger partial charge on any atom is -0.479 e. The number of ether oxygens (including phenoxy) is 2. The van der Waals surface area contributed by atoms with Crippen LogP contribution in [0.25, 0.3) is 0 Å². The first-order chi connectivity index (χ1) is 14.6. The Morgan fingerprint density at radius 1 is 0.800 bits per heavy atom. The molecule has 0 spiro atoms. The zero-order chi connectivity index (χ0) is 22.0. The number of unbranched alkanes of at least 4 members (excludes halogenated alkanes) is 14. The standard InChI is InChI=1S/C24H46O5S/c1-2-3-4-5-6-7-8-9-10-11-12-13-14-15-16-17-22(30)29-21-19-28-20(18-25)23(26)24(21)27/h20-21,23-27H,2-19H2,1H3/t20-,21+,23-,24-/m0/s1. The van der Waals surface area contributed by atoms with Crippen molar-refractivity contribution in [1.29, 1.82) is 0 Å². The van der Waals surface area contributed by atoms with Crippen molar-refractivity contribution in [2.24, 2.45) is 0 Å². The number of thiocarbonyl (C=S) groups is 1. The molecule has 0 unspecified atom stereocenters. The molecule has 1 rings (SSSR count). The summed E-state index contributed by atoms with van der Waals surface area (Å²) in [5, 5.41) is 29.5. The summed E-state index contributed by atoms with van der Waals surface area (Å²) in [6, 6.07) is 0. The van der Waals surface area contributed by atoms with Crippen LogP contribution in [0.3, 0.4) is 0 Å². The number of aliphatic hydroxyl groups is 3. The Kier molecular flexibility index (Phi) is 17.0. The molecule has 178 valence electrons. The van der Waals surface area contributed by atoms with Gasteiger partial charge in [0.25, 0.3) is 0 Å². The fourth-order valence-corrected chi connectivity index (χ4v) is 4.26. The Labute approximate surface area is 189 Å². The largest absolute Gasteiger partial charge is 0.479 e. The van der Waals surface area contributed by atoms with Gasteiger partial charge in [0.05, 0.1) is 13.2 Å². The lowest BCUT2D eigenvalue weighted by Crippen LogP contribution is -2.55. The van der Waals surface area contributed by atoms with Gasteiger partial charge in [-0.1, -0.05) is 96.8 Å². The molecule has 3 N–H and O–H groups in total. The van der Waals surface area contributed by atoms with E-state index in [1.807, 2.05) is 0 Å². The van der Waals surface area contributed by atoms with Crippen molar-refractivity contribution >= 4 is 17.3 Å². The van der Waals surface area contributed by atoms with Crippen LogP contribution in [0.1, 0.15) is 110 Å². The van der Waals surface area contributed by atoms with Crippen LogP contribution in [0.4, 0.5) is 0 Å².